The molecule has 4 aromatic carbocycles. The standard InChI is InChI=1S/C27H22N2O/c1-27(2)19-7-3-4-8-21(19)28-22-13-11-17(15-20(22)27)18-12-14-26-24(16-18)29-23-9-5-6-10-25(23)30-26/h3-16,28-29H,1-2H3. The fraction of sp³-hybridized carbons (Fsp3) is 0.111. The Bertz CT molecular complexity index is 1310. The first-order valence-electron chi connectivity index (χ1n) is 10.3. The number of fused-ring (bicyclic) bond motifs is 4. The number of rotatable bonds is 1. The van der Waals surface area contributed by atoms with Crippen LogP contribution in [0.3, 0.4) is 0 Å². The van der Waals surface area contributed by atoms with Crippen molar-refractivity contribution in [3.8, 4) is 22.6 Å². The smallest absolute Gasteiger partial charge is 0.151 e. The lowest BCUT2D eigenvalue weighted by Gasteiger charge is -2.36. The topological polar surface area (TPSA) is 33.3 Å². The first-order valence-corrected chi connectivity index (χ1v) is 10.3. The molecule has 0 radical (unpaired) electrons. The van der Waals surface area contributed by atoms with Crippen LogP contribution in [0.2, 0.25) is 0 Å². The van der Waals surface area contributed by atoms with Crippen LogP contribution in [-0.4, -0.2) is 0 Å². The minimum absolute atomic E-state index is 0.0678. The zero-order chi connectivity index (χ0) is 20.3. The van der Waals surface area contributed by atoms with Crippen molar-refractivity contribution < 1.29 is 4.74 Å². The fourth-order valence-electron chi connectivity index (χ4n) is 4.60. The van der Waals surface area contributed by atoms with E-state index in [4.69, 9.17) is 4.74 Å². The summed E-state index contributed by atoms with van der Waals surface area (Å²) in [6.07, 6.45) is 0. The number of hydrogen-bond acceptors (Lipinski definition) is 3. The molecule has 3 heteroatoms. The highest BCUT2D eigenvalue weighted by atomic mass is 16.5. The minimum Gasteiger partial charge on any atom is -0.453 e. The number of ether oxygens (including phenoxy) is 1. The van der Waals surface area contributed by atoms with Gasteiger partial charge in [-0.05, 0) is 64.7 Å². The van der Waals surface area contributed by atoms with Crippen LogP contribution < -0.4 is 15.4 Å². The van der Waals surface area contributed by atoms with Crippen LogP contribution in [0.25, 0.3) is 11.1 Å². The van der Waals surface area contributed by atoms with E-state index in [1.807, 2.05) is 30.3 Å². The molecular weight excluding hydrogens is 368 g/mol. The van der Waals surface area contributed by atoms with Gasteiger partial charge in [-0.3, -0.25) is 0 Å². The molecule has 0 atom stereocenters. The molecule has 0 fully saturated rings. The number of nitrogens with one attached hydrogen (secondary N) is 2. The van der Waals surface area contributed by atoms with Crippen LogP contribution in [0.15, 0.2) is 84.9 Å². The molecule has 3 nitrogen and oxygen atoms in total. The Kier molecular flexibility index (Phi) is 3.51. The number of benzene rings is 4. The third-order valence-electron chi connectivity index (χ3n) is 6.25. The molecule has 146 valence electrons. The van der Waals surface area contributed by atoms with E-state index >= 15 is 0 Å². The minimum atomic E-state index is -0.0678. The third-order valence-corrected chi connectivity index (χ3v) is 6.25. The Hall–Kier alpha value is -3.72. The molecule has 2 heterocycles. The molecule has 0 spiro atoms. The zero-order valence-corrected chi connectivity index (χ0v) is 17.0. The molecule has 4 aromatic rings. The summed E-state index contributed by atoms with van der Waals surface area (Å²) in [5.74, 6) is 1.71. The molecule has 0 amide bonds. The lowest BCUT2D eigenvalue weighted by atomic mass is 9.73. The maximum Gasteiger partial charge on any atom is 0.151 e. The van der Waals surface area contributed by atoms with E-state index in [2.05, 4.69) is 79.1 Å². The van der Waals surface area contributed by atoms with Gasteiger partial charge in [0, 0.05) is 16.8 Å². The number of para-hydroxylation sites is 3. The Balaban J connectivity index is 1.41. The Morgan fingerprint density at radius 1 is 0.567 bits per heavy atom. The molecule has 30 heavy (non-hydrogen) atoms. The largest absolute Gasteiger partial charge is 0.453 e. The van der Waals surface area contributed by atoms with E-state index in [9.17, 15) is 0 Å². The van der Waals surface area contributed by atoms with Gasteiger partial charge in [-0.15, -0.1) is 0 Å². The van der Waals surface area contributed by atoms with Crippen LogP contribution in [0.4, 0.5) is 22.7 Å². The van der Waals surface area contributed by atoms with Crippen molar-refractivity contribution in [1.29, 1.82) is 0 Å². The molecule has 0 bridgehead atoms. The van der Waals surface area contributed by atoms with Crippen LogP contribution >= 0.6 is 0 Å². The van der Waals surface area contributed by atoms with Crippen molar-refractivity contribution in [3.63, 3.8) is 0 Å². The zero-order valence-electron chi connectivity index (χ0n) is 17.0. The predicted octanol–water partition coefficient (Wildman–Crippen LogP) is 7.59. The molecule has 0 aromatic heterocycles. The van der Waals surface area contributed by atoms with E-state index in [-0.39, 0.29) is 5.41 Å². The van der Waals surface area contributed by atoms with Crippen molar-refractivity contribution in [2.75, 3.05) is 10.6 Å². The average Bonchev–Trinajstić information content (AvgIpc) is 2.77. The van der Waals surface area contributed by atoms with E-state index in [0.29, 0.717) is 0 Å². The molecule has 2 aliphatic heterocycles. The highest BCUT2D eigenvalue weighted by molar-refractivity contribution is 5.83. The van der Waals surface area contributed by atoms with Gasteiger partial charge in [-0.1, -0.05) is 56.3 Å². The van der Waals surface area contributed by atoms with Crippen molar-refractivity contribution >= 4 is 22.7 Å². The highest BCUT2D eigenvalue weighted by Crippen LogP contribution is 2.47. The molecule has 0 aliphatic carbocycles. The van der Waals surface area contributed by atoms with Crippen molar-refractivity contribution in [2.24, 2.45) is 0 Å². The van der Waals surface area contributed by atoms with Gasteiger partial charge in [0.2, 0.25) is 0 Å². The van der Waals surface area contributed by atoms with Gasteiger partial charge >= 0.3 is 0 Å². The number of hydrogen-bond donors (Lipinski definition) is 2. The van der Waals surface area contributed by atoms with Gasteiger partial charge in [0.1, 0.15) is 0 Å². The first-order chi connectivity index (χ1) is 14.6. The summed E-state index contributed by atoms with van der Waals surface area (Å²) in [4.78, 5) is 0. The van der Waals surface area contributed by atoms with E-state index in [1.54, 1.807) is 0 Å². The lowest BCUT2D eigenvalue weighted by Crippen LogP contribution is -2.25. The summed E-state index contributed by atoms with van der Waals surface area (Å²) in [6, 6.07) is 29.6. The van der Waals surface area contributed by atoms with Crippen molar-refractivity contribution in [2.45, 2.75) is 19.3 Å². The second-order valence-corrected chi connectivity index (χ2v) is 8.49. The molecule has 6 rings (SSSR count). The SMILES string of the molecule is CC1(C)c2ccccc2Nc2ccc(-c3ccc4c(c3)Nc3ccccc3O4)cc21. The second-order valence-electron chi connectivity index (χ2n) is 8.49. The normalized spacial score (nSPS) is 14.7. The van der Waals surface area contributed by atoms with Gasteiger partial charge in [-0.2, -0.15) is 0 Å². The molecule has 0 saturated heterocycles. The summed E-state index contributed by atoms with van der Waals surface area (Å²) in [6.45, 7) is 4.60. The van der Waals surface area contributed by atoms with Crippen molar-refractivity contribution in [3.05, 3.63) is 96.1 Å². The van der Waals surface area contributed by atoms with Gasteiger partial charge in [0.05, 0.1) is 11.4 Å². The number of anilines is 4. The van der Waals surface area contributed by atoms with Crippen LogP contribution in [0, 0.1) is 0 Å². The third kappa shape index (κ3) is 2.52. The molecule has 0 saturated carbocycles. The maximum absolute atomic E-state index is 6.06. The summed E-state index contributed by atoms with van der Waals surface area (Å²) in [5, 5.41) is 7.11. The Morgan fingerprint density at radius 3 is 2.10 bits per heavy atom. The summed E-state index contributed by atoms with van der Waals surface area (Å²) in [7, 11) is 0. The monoisotopic (exact) mass is 390 g/mol. The molecule has 2 aliphatic rings. The van der Waals surface area contributed by atoms with Crippen LogP contribution in [0.5, 0.6) is 11.5 Å². The molecular formula is C27H22N2O. The van der Waals surface area contributed by atoms with E-state index in [0.717, 1.165) is 22.9 Å². The Labute approximate surface area is 176 Å². The van der Waals surface area contributed by atoms with Crippen LogP contribution in [0.1, 0.15) is 25.0 Å². The second kappa shape index (κ2) is 6.14. The maximum atomic E-state index is 6.06. The summed E-state index contributed by atoms with van der Waals surface area (Å²) < 4.78 is 6.06. The predicted molar refractivity (Wildman–Crippen MR) is 124 cm³/mol. The van der Waals surface area contributed by atoms with Crippen molar-refractivity contribution in [1.82, 2.24) is 0 Å². The quantitative estimate of drug-likeness (QED) is 0.309. The van der Waals surface area contributed by atoms with E-state index < -0.39 is 0 Å². The lowest BCUT2D eigenvalue weighted by molar-refractivity contribution is 0.481. The molecule has 0 unspecified atom stereocenters. The first kappa shape index (κ1) is 17.2. The van der Waals surface area contributed by atoms with E-state index in [1.165, 1.54) is 33.6 Å². The highest BCUT2D eigenvalue weighted by Gasteiger charge is 2.32. The van der Waals surface area contributed by atoms with Gasteiger partial charge in [0.15, 0.2) is 11.5 Å². The summed E-state index contributed by atoms with van der Waals surface area (Å²) in [5.41, 5.74) is 9.29. The average molecular weight is 390 g/mol. The Morgan fingerprint density at radius 2 is 1.20 bits per heavy atom. The van der Waals surface area contributed by atoms with Gasteiger partial charge < -0.3 is 15.4 Å². The van der Waals surface area contributed by atoms with Crippen LogP contribution in [-0.2, 0) is 5.41 Å². The van der Waals surface area contributed by atoms with Gasteiger partial charge in [-0.25, -0.2) is 0 Å². The molecule has 2 N–H and O–H groups in total. The van der Waals surface area contributed by atoms with Gasteiger partial charge in [0.25, 0.3) is 0 Å². The summed E-state index contributed by atoms with van der Waals surface area (Å²) >= 11 is 0. The fourth-order valence-corrected chi connectivity index (χ4v) is 4.60.